The summed E-state index contributed by atoms with van der Waals surface area (Å²) in [6.45, 7) is 0. The number of ether oxygens (including phenoxy) is 1. The van der Waals surface area contributed by atoms with Crippen LogP contribution in [0.3, 0.4) is 0 Å². The van der Waals surface area contributed by atoms with E-state index in [4.69, 9.17) is 10.3 Å². The second-order valence-corrected chi connectivity index (χ2v) is 4.36. The smallest absolute Gasteiger partial charge is 0.239 e. The Kier molecular flexibility index (Phi) is 3.54. The number of benzene rings is 1. The van der Waals surface area contributed by atoms with Gasteiger partial charge in [-0.15, -0.1) is 0 Å². The van der Waals surface area contributed by atoms with E-state index < -0.39 is 10.0 Å². The zero-order valence-corrected chi connectivity index (χ0v) is 8.81. The van der Waals surface area contributed by atoms with E-state index in [0.29, 0.717) is 11.3 Å². The van der Waals surface area contributed by atoms with Crippen LogP contribution in [0.5, 0.6) is 5.75 Å². The molecule has 0 aliphatic heterocycles. The number of nitrogens with zero attached hydrogens (tertiary/aromatic N) is 3. The highest BCUT2D eigenvalue weighted by Crippen LogP contribution is 2.14. The van der Waals surface area contributed by atoms with Crippen molar-refractivity contribution < 1.29 is 13.2 Å². The fraction of sp³-hybridized carbons (Fsp3) is 0.250. The molecule has 0 N–H and O–H groups in total. The summed E-state index contributed by atoms with van der Waals surface area (Å²) in [5, 5.41) is 0. The van der Waals surface area contributed by atoms with Crippen LogP contribution in [0.25, 0.3) is 10.4 Å². The van der Waals surface area contributed by atoms with Gasteiger partial charge < -0.3 is 4.74 Å². The molecule has 0 spiro atoms. The van der Waals surface area contributed by atoms with Crippen molar-refractivity contribution in [2.45, 2.75) is 5.75 Å². The molecule has 0 unspecified atom stereocenters. The molecule has 0 bridgehead atoms. The molecule has 6 nitrogen and oxygen atoms in total. The number of hydrogen-bond donors (Lipinski definition) is 0. The maximum absolute atomic E-state index is 11.1. The van der Waals surface area contributed by atoms with Crippen LogP contribution < -0.4 is 4.74 Å². The Balaban J connectivity index is 2.86. The summed E-state index contributed by atoms with van der Waals surface area (Å²) in [5.41, 5.74) is 8.57. The molecule has 0 atom stereocenters. The van der Waals surface area contributed by atoms with Crippen molar-refractivity contribution in [2.75, 3.05) is 7.11 Å². The Morgan fingerprint density at radius 2 is 2.00 bits per heavy atom. The van der Waals surface area contributed by atoms with Crippen molar-refractivity contribution in [1.29, 1.82) is 0 Å². The van der Waals surface area contributed by atoms with Crippen LogP contribution in [0.2, 0.25) is 0 Å². The molecule has 0 radical (unpaired) electrons. The Morgan fingerprint density at radius 3 is 2.47 bits per heavy atom. The van der Waals surface area contributed by atoms with Gasteiger partial charge in [0.25, 0.3) is 0 Å². The van der Waals surface area contributed by atoms with Crippen molar-refractivity contribution in [2.24, 2.45) is 4.52 Å². The number of hydrogen-bond acceptors (Lipinski definition) is 3. The Bertz CT molecular complexity index is 474. The van der Waals surface area contributed by atoms with Gasteiger partial charge >= 0.3 is 0 Å². The summed E-state index contributed by atoms with van der Waals surface area (Å²) < 4.78 is 29.8. The zero-order chi connectivity index (χ0) is 11.3. The van der Waals surface area contributed by atoms with Gasteiger partial charge in [0.05, 0.1) is 12.9 Å². The van der Waals surface area contributed by atoms with Gasteiger partial charge in [-0.25, -0.2) is 8.42 Å². The lowest BCUT2D eigenvalue weighted by Crippen LogP contribution is -1.98. The molecule has 0 fully saturated rings. The van der Waals surface area contributed by atoms with Crippen LogP contribution >= 0.6 is 0 Å². The minimum atomic E-state index is -3.74. The highest BCUT2D eigenvalue weighted by atomic mass is 32.2. The van der Waals surface area contributed by atoms with Crippen LogP contribution in [0, 0.1) is 0 Å². The van der Waals surface area contributed by atoms with Crippen molar-refractivity contribution in [3.8, 4) is 5.75 Å². The third kappa shape index (κ3) is 3.49. The van der Waals surface area contributed by atoms with Gasteiger partial charge in [-0.1, -0.05) is 12.1 Å². The largest absolute Gasteiger partial charge is 0.497 e. The second-order valence-electron chi connectivity index (χ2n) is 2.75. The zero-order valence-electron chi connectivity index (χ0n) is 7.99. The van der Waals surface area contributed by atoms with Crippen molar-refractivity contribution in [1.82, 2.24) is 0 Å². The Labute approximate surface area is 87.2 Å². The molecule has 0 amide bonds. The molecule has 15 heavy (non-hydrogen) atoms. The molecular weight excluding hydrogens is 218 g/mol. The molecule has 1 aromatic rings. The third-order valence-corrected chi connectivity index (χ3v) is 2.69. The molecule has 0 aliphatic carbocycles. The molecule has 0 saturated heterocycles. The van der Waals surface area contributed by atoms with Gasteiger partial charge in [0.15, 0.2) is 0 Å². The van der Waals surface area contributed by atoms with Crippen LogP contribution in [0.1, 0.15) is 5.56 Å². The summed E-state index contributed by atoms with van der Waals surface area (Å²) in [4.78, 5) is 2.25. The van der Waals surface area contributed by atoms with Crippen molar-refractivity contribution >= 4 is 10.0 Å². The van der Waals surface area contributed by atoms with Crippen molar-refractivity contribution in [3.05, 3.63) is 40.3 Å². The average molecular weight is 227 g/mol. The van der Waals surface area contributed by atoms with Gasteiger partial charge in [0.1, 0.15) is 5.75 Å². The topological polar surface area (TPSA) is 92.1 Å². The molecule has 0 heterocycles. The number of methoxy groups -OCH3 is 1. The Morgan fingerprint density at radius 1 is 1.40 bits per heavy atom. The quantitative estimate of drug-likeness (QED) is 0.446. The molecule has 80 valence electrons. The lowest BCUT2D eigenvalue weighted by atomic mass is 10.2. The monoisotopic (exact) mass is 227 g/mol. The summed E-state index contributed by atoms with van der Waals surface area (Å²) >= 11 is 0. The predicted octanol–water partition coefficient (Wildman–Crippen LogP) is 1.84. The minimum absolute atomic E-state index is 0.305. The third-order valence-electron chi connectivity index (χ3n) is 1.67. The highest BCUT2D eigenvalue weighted by molar-refractivity contribution is 7.89. The normalized spacial score (nSPS) is 10.5. The van der Waals surface area contributed by atoms with E-state index >= 15 is 0 Å². The van der Waals surface area contributed by atoms with E-state index in [1.165, 1.54) is 7.11 Å². The highest BCUT2D eigenvalue weighted by Gasteiger charge is 2.08. The van der Waals surface area contributed by atoms with E-state index in [1.807, 2.05) is 0 Å². The predicted molar refractivity (Wildman–Crippen MR) is 54.8 cm³/mol. The molecule has 0 aromatic heterocycles. The lowest BCUT2D eigenvalue weighted by molar-refractivity contribution is 0.414. The summed E-state index contributed by atoms with van der Waals surface area (Å²) in [5.74, 6) is 0.334. The van der Waals surface area contributed by atoms with E-state index in [-0.39, 0.29) is 5.75 Å². The molecule has 0 saturated carbocycles. The van der Waals surface area contributed by atoms with Crippen LogP contribution in [0.15, 0.2) is 28.8 Å². The number of azide groups is 1. The molecule has 0 aliphatic rings. The molecule has 1 aromatic carbocycles. The molecule has 1 rings (SSSR count). The first-order chi connectivity index (χ1) is 7.07. The number of sulfonamides is 1. The van der Waals surface area contributed by atoms with Crippen molar-refractivity contribution in [3.63, 3.8) is 0 Å². The Hall–Kier alpha value is -1.72. The van der Waals surface area contributed by atoms with E-state index in [1.54, 1.807) is 24.3 Å². The fourth-order valence-corrected chi connectivity index (χ4v) is 1.80. The van der Waals surface area contributed by atoms with Crippen LogP contribution in [-0.4, -0.2) is 15.5 Å². The SMILES string of the molecule is COc1ccc(CS(=O)(=O)N=[N+]=[N-])cc1. The summed E-state index contributed by atoms with van der Waals surface area (Å²) in [7, 11) is -2.22. The minimum Gasteiger partial charge on any atom is -0.497 e. The van der Waals surface area contributed by atoms with Gasteiger partial charge in [-0.2, -0.15) is 0 Å². The molecular formula is C8H9N3O3S. The molecule has 7 heteroatoms. The van der Waals surface area contributed by atoms with E-state index in [9.17, 15) is 8.42 Å². The van der Waals surface area contributed by atoms with Gasteiger partial charge in [0, 0.05) is 9.43 Å². The lowest BCUT2D eigenvalue weighted by Gasteiger charge is -2.01. The summed E-state index contributed by atoms with van der Waals surface area (Å²) in [6, 6.07) is 6.48. The van der Waals surface area contributed by atoms with Crippen LogP contribution in [0.4, 0.5) is 0 Å². The van der Waals surface area contributed by atoms with Crippen LogP contribution in [-0.2, 0) is 15.8 Å². The van der Waals surface area contributed by atoms with E-state index in [2.05, 4.69) is 9.43 Å². The average Bonchev–Trinajstić information content (AvgIpc) is 2.18. The number of rotatable bonds is 4. The first kappa shape index (κ1) is 11.4. The summed E-state index contributed by atoms with van der Waals surface area (Å²) in [6.07, 6.45) is 0. The van der Waals surface area contributed by atoms with Gasteiger partial charge in [0.2, 0.25) is 10.0 Å². The first-order valence-corrected chi connectivity index (χ1v) is 5.60. The second kappa shape index (κ2) is 4.68. The first-order valence-electron chi connectivity index (χ1n) is 3.99. The standard InChI is InChI=1S/C8H9N3O3S/c1-14-8-4-2-7(3-5-8)6-15(12,13)11-10-9/h2-5H,6H2,1H3. The fourth-order valence-electron chi connectivity index (χ4n) is 1.02. The maximum atomic E-state index is 11.1. The van der Waals surface area contributed by atoms with Gasteiger partial charge in [-0.05, 0) is 23.2 Å². The maximum Gasteiger partial charge on any atom is 0.239 e. The van der Waals surface area contributed by atoms with Gasteiger partial charge in [-0.3, -0.25) is 0 Å². The van der Waals surface area contributed by atoms with E-state index in [0.717, 1.165) is 0 Å².